The molecule has 0 saturated carbocycles. The third-order valence-corrected chi connectivity index (χ3v) is 3.17. The van der Waals surface area contributed by atoms with Crippen LogP contribution in [0.2, 0.25) is 0 Å². The minimum Gasteiger partial charge on any atom is -0.489 e. The summed E-state index contributed by atoms with van der Waals surface area (Å²) in [6.07, 6.45) is 0. The average molecular weight is 259 g/mol. The molecule has 0 aliphatic heterocycles. The maximum atomic E-state index is 13.4. The maximum Gasteiger partial charge on any atom is 0.129 e. The van der Waals surface area contributed by atoms with E-state index in [2.05, 4.69) is 12.2 Å². The zero-order chi connectivity index (χ0) is 13.7. The molecule has 0 spiro atoms. The Bertz CT molecular complexity index is 525. The molecular formula is C16H18FNO. The molecule has 0 aromatic heterocycles. The molecule has 100 valence electrons. The third-order valence-electron chi connectivity index (χ3n) is 3.17. The van der Waals surface area contributed by atoms with Gasteiger partial charge in [0, 0.05) is 11.6 Å². The Kier molecular flexibility index (Phi) is 4.53. The topological polar surface area (TPSA) is 21.3 Å². The van der Waals surface area contributed by atoms with E-state index < -0.39 is 0 Å². The molecule has 19 heavy (non-hydrogen) atoms. The van der Waals surface area contributed by atoms with Crippen LogP contribution in [0.3, 0.4) is 0 Å². The van der Waals surface area contributed by atoms with Crippen molar-refractivity contribution in [2.45, 2.75) is 19.6 Å². The van der Waals surface area contributed by atoms with Crippen LogP contribution in [0.25, 0.3) is 0 Å². The molecule has 0 heterocycles. The minimum absolute atomic E-state index is 0.233. The summed E-state index contributed by atoms with van der Waals surface area (Å²) in [5.41, 5.74) is 1.76. The van der Waals surface area contributed by atoms with Gasteiger partial charge in [-0.1, -0.05) is 30.3 Å². The van der Waals surface area contributed by atoms with Gasteiger partial charge in [0.05, 0.1) is 0 Å². The van der Waals surface area contributed by atoms with Gasteiger partial charge in [-0.3, -0.25) is 0 Å². The minimum atomic E-state index is -0.233. The van der Waals surface area contributed by atoms with Crippen LogP contribution in [0.1, 0.15) is 24.1 Å². The number of hydrogen-bond donors (Lipinski definition) is 1. The van der Waals surface area contributed by atoms with Crippen molar-refractivity contribution in [3.8, 4) is 5.75 Å². The molecule has 1 atom stereocenters. The molecule has 0 fully saturated rings. The average Bonchev–Trinajstić information content (AvgIpc) is 2.46. The van der Waals surface area contributed by atoms with E-state index in [0.29, 0.717) is 11.6 Å². The summed E-state index contributed by atoms with van der Waals surface area (Å²) in [7, 11) is 1.92. The van der Waals surface area contributed by atoms with Crippen molar-refractivity contribution in [2.24, 2.45) is 0 Å². The number of rotatable bonds is 5. The molecule has 0 bridgehead atoms. The summed E-state index contributed by atoms with van der Waals surface area (Å²) in [6.45, 7) is 2.34. The lowest BCUT2D eigenvalue weighted by atomic mass is 10.1. The normalized spacial score (nSPS) is 12.2. The van der Waals surface area contributed by atoms with E-state index in [-0.39, 0.29) is 12.4 Å². The predicted molar refractivity (Wildman–Crippen MR) is 74.6 cm³/mol. The van der Waals surface area contributed by atoms with Crippen molar-refractivity contribution < 1.29 is 9.13 Å². The smallest absolute Gasteiger partial charge is 0.129 e. The first-order valence-corrected chi connectivity index (χ1v) is 6.34. The second kappa shape index (κ2) is 6.34. The fourth-order valence-electron chi connectivity index (χ4n) is 1.80. The van der Waals surface area contributed by atoms with Gasteiger partial charge in [0.15, 0.2) is 0 Å². The molecule has 3 heteroatoms. The number of nitrogens with one attached hydrogen (secondary N) is 1. The highest BCUT2D eigenvalue weighted by molar-refractivity contribution is 5.29. The Hall–Kier alpha value is -1.87. The quantitative estimate of drug-likeness (QED) is 0.884. The summed E-state index contributed by atoms with van der Waals surface area (Å²) in [5, 5.41) is 3.18. The predicted octanol–water partition coefficient (Wildman–Crippen LogP) is 3.69. The summed E-state index contributed by atoms with van der Waals surface area (Å²) in [5.74, 6) is 0.512. The highest BCUT2D eigenvalue weighted by Crippen LogP contribution is 2.18. The van der Waals surface area contributed by atoms with E-state index in [4.69, 9.17) is 4.74 Å². The van der Waals surface area contributed by atoms with Gasteiger partial charge in [-0.2, -0.15) is 0 Å². The molecule has 0 radical (unpaired) electrons. The first kappa shape index (κ1) is 13.6. The van der Waals surface area contributed by atoms with Gasteiger partial charge in [-0.25, -0.2) is 4.39 Å². The van der Waals surface area contributed by atoms with Crippen molar-refractivity contribution >= 4 is 0 Å². The van der Waals surface area contributed by atoms with Gasteiger partial charge in [-0.05, 0) is 37.7 Å². The second-order valence-corrected chi connectivity index (χ2v) is 4.46. The Balaban J connectivity index is 1.99. The van der Waals surface area contributed by atoms with Crippen molar-refractivity contribution in [3.05, 3.63) is 65.5 Å². The van der Waals surface area contributed by atoms with Crippen LogP contribution < -0.4 is 10.1 Å². The number of halogens is 1. The first-order chi connectivity index (χ1) is 9.20. The van der Waals surface area contributed by atoms with Gasteiger partial charge in [0.1, 0.15) is 18.2 Å². The van der Waals surface area contributed by atoms with Gasteiger partial charge in [-0.15, -0.1) is 0 Å². The molecule has 2 rings (SSSR count). The van der Waals surface area contributed by atoms with Crippen molar-refractivity contribution in [1.82, 2.24) is 5.32 Å². The zero-order valence-corrected chi connectivity index (χ0v) is 11.2. The molecular weight excluding hydrogens is 241 g/mol. The van der Waals surface area contributed by atoms with E-state index in [1.807, 2.05) is 31.3 Å². The molecule has 0 aliphatic rings. The molecule has 0 aliphatic carbocycles. The van der Waals surface area contributed by atoms with Gasteiger partial charge >= 0.3 is 0 Å². The zero-order valence-electron chi connectivity index (χ0n) is 11.2. The van der Waals surface area contributed by atoms with E-state index in [9.17, 15) is 4.39 Å². The van der Waals surface area contributed by atoms with Gasteiger partial charge < -0.3 is 10.1 Å². The maximum absolute atomic E-state index is 13.4. The van der Waals surface area contributed by atoms with E-state index in [1.54, 1.807) is 18.2 Å². The second-order valence-electron chi connectivity index (χ2n) is 4.46. The fourth-order valence-corrected chi connectivity index (χ4v) is 1.80. The monoisotopic (exact) mass is 259 g/mol. The Morgan fingerprint density at radius 2 is 1.79 bits per heavy atom. The van der Waals surface area contributed by atoms with E-state index >= 15 is 0 Å². The Labute approximate surface area is 113 Å². The lowest BCUT2D eigenvalue weighted by Gasteiger charge is -2.12. The number of hydrogen-bond acceptors (Lipinski definition) is 2. The third kappa shape index (κ3) is 3.55. The van der Waals surface area contributed by atoms with Crippen LogP contribution in [0.15, 0.2) is 48.5 Å². The standard InChI is InChI=1S/C16H18FNO/c1-12(18-2)13-7-9-15(10-8-13)19-11-14-5-3-4-6-16(14)17/h3-10,12,18H,11H2,1-2H3. The lowest BCUT2D eigenvalue weighted by Crippen LogP contribution is -2.11. The number of ether oxygens (including phenoxy) is 1. The molecule has 1 N–H and O–H groups in total. The molecule has 0 amide bonds. The van der Waals surface area contributed by atoms with Crippen molar-refractivity contribution in [2.75, 3.05) is 7.05 Å². The summed E-state index contributed by atoms with van der Waals surface area (Å²) < 4.78 is 19.0. The van der Waals surface area contributed by atoms with Crippen LogP contribution in [-0.4, -0.2) is 7.05 Å². The Morgan fingerprint density at radius 3 is 2.42 bits per heavy atom. The molecule has 2 nitrogen and oxygen atoms in total. The number of benzene rings is 2. The van der Waals surface area contributed by atoms with E-state index in [0.717, 1.165) is 5.75 Å². The SMILES string of the molecule is CNC(C)c1ccc(OCc2ccccc2F)cc1. The van der Waals surface area contributed by atoms with Crippen molar-refractivity contribution in [1.29, 1.82) is 0 Å². The highest BCUT2D eigenvalue weighted by Gasteiger charge is 2.04. The fraction of sp³-hybridized carbons (Fsp3) is 0.250. The van der Waals surface area contributed by atoms with Crippen LogP contribution in [0, 0.1) is 5.82 Å². The van der Waals surface area contributed by atoms with Crippen LogP contribution in [0.4, 0.5) is 4.39 Å². The van der Waals surface area contributed by atoms with Crippen LogP contribution in [-0.2, 0) is 6.61 Å². The molecule has 0 saturated heterocycles. The molecule has 2 aromatic rings. The van der Waals surface area contributed by atoms with Gasteiger partial charge in [0.25, 0.3) is 0 Å². The first-order valence-electron chi connectivity index (χ1n) is 6.34. The molecule has 2 aromatic carbocycles. The van der Waals surface area contributed by atoms with Gasteiger partial charge in [0.2, 0.25) is 0 Å². The van der Waals surface area contributed by atoms with E-state index in [1.165, 1.54) is 11.6 Å². The molecule has 1 unspecified atom stereocenters. The summed E-state index contributed by atoms with van der Waals surface area (Å²) >= 11 is 0. The summed E-state index contributed by atoms with van der Waals surface area (Å²) in [4.78, 5) is 0. The van der Waals surface area contributed by atoms with Crippen molar-refractivity contribution in [3.63, 3.8) is 0 Å². The Morgan fingerprint density at radius 1 is 1.11 bits per heavy atom. The van der Waals surface area contributed by atoms with Crippen LogP contribution >= 0.6 is 0 Å². The highest BCUT2D eigenvalue weighted by atomic mass is 19.1. The summed E-state index contributed by atoms with van der Waals surface area (Å²) in [6, 6.07) is 14.8. The van der Waals surface area contributed by atoms with Crippen LogP contribution in [0.5, 0.6) is 5.75 Å². The largest absolute Gasteiger partial charge is 0.489 e. The lowest BCUT2D eigenvalue weighted by molar-refractivity contribution is 0.299.